The van der Waals surface area contributed by atoms with Gasteiger partial charge >= 0.3 is 0 Å². The van der Waals surface area contributed by atoms with Gasteiger partial charge in [0.05, 0.1) is 5.41 Å². The van der Waals surface area contributed by atoms with E-state index in [0.717, 1.165) is 41.2 Å². The zero-order valence-electron chi connectivity index (χ0n) is 15.6. The maximum Gasteiger partial charge on any atom is 0.235 e. The largest absolute Gasteiger partial charge is 0.486 e. The van der Waals surface area contributed by atoms with Crippen LogP contribution < -0.4 is 14.8 Å². The van der Waals surface area contributed by atoms with E-state index in [4.69, 9.17) is 9.47 Å². The van der Waals surface area contributed by atoms with Gasteiger partial charge in [-0.2, -0.15) is 0 Å². The number of hydrogen-bond acceptors (Lipinski definition) is 3. The first-order valence-corrected chi connectivity index (χ1v) is 9.32. The second-order valence-electron chi connectivity index (χ2n) is 7.59. The summed E-state index contributed by atoms with van der Waals surface area (Å²) in [5, 5.41) is 3.23. The predicted molar refractivity (Wildman–Crippen MR) is 102 cm³/mol. The first kappa shape index (κ1) is 17.0. The summed E-state index contributed by atoms with van der Waals surface area (Å²) in [4.78, 5) is 13.2. The molecule has 1 saturated carbocycles. The minimum Gasteiger partial charge on any atom is -0.486 e. The number of benzene rings is 2. The molecule has 0 spiro atoms. The average molecular weight is 351 g/mol. The summed E-state index contributed by atoms with van der Waals surface area (Å²) in [5.41, 5.74) is 3.79. The van der Waals surface area contributed by atoms with Crippen molar-refractivity contribution < 1.29 is 14.3 Å². The van der Waals surface area contributed by atoms with Crippen LogP contribution in [0.5, 0.6) is 11.5 Å². The third-order valence-electron chi connectivity index (χ3n) is 5.44. The molecule has 1 heterocycles. The van der Waals surface area contributed by atoms with E-state index in [1.807, 2.05) is 37.3 Å². The van der Waals surface area contributed by atoms with Crippen molar-refractivity contribution in [3.05, 3.63) is 53.1 Å². The van der Waals surface area contributed by atoms with Gasteiger partial charge in [-0.25, -0.2) is 0 Å². The molecule has 1 aliphatic heterocycles. The van der Waals surface area contributed by atoms with E-state index in [1.165, 1.54) is 5.56 Å². The van der Waals surface area contributed by atoms with E-state index in [1.54, 1.807) is 0 Å². The summed E-state index contributed by atoms with van der Waals surface area (Å²) < 4.78 is 11.3. The lowest BCUT2D eigenvalue weighted by atomic mass is 9.93. The van der Waals surface area contributed by atoms with Crippen LogP contribution in [-0.2, 0) is 10.2 Å². The summed E-state index contributed by atoms with van der Waals surface area (Å²) in [5.74, 6) is 1.93. The van der Waals surface area contributed by atoms with Crippen LogP contribution in [0.1, 0.15) is 49.3 Å². The lowest BCUT2D eigenvalue weighted by molar-refractivity contribution is -0.118. The number of hydrogen-bond donors (Lipinski definition) is 1. The number of ether oxygens (including phenoxy) is 2. The lowest BCUT2D eigenvalue weighted by Gasteiger charge is -2.23. The van der Waals surface area contributed by atoms with Gasteiger partial charge in [-0.1, -0.05) is 38.1 Å². The minimum absolute atomic E-state index is 0.0744. The second-order valence-corrected chi connectivity index (χ2v) is 7.59. The molecule has 0 atom stereocenters. The van der Waals surface area contributed by atoms with E-state index in [0.29, 0.717) is 19.1 Å². The van der Waals surface area contributed by atoms with Crippen molar-refractivity contribution in [1.82, 2.24) is 0 Å². The van der Waals surface area contributed by atoms with Crippen molar-refractivity contribution in [3.63, 3.8) is 0 Å². The van der Waals surface area contributed by atoms with Crippen LogP contribution in [0.2, 0.25) is 0 Å². The number of carbonyl (C=O) groups is 1. The van der Waals surface area contributed by atoms with Gasteiger partial charge in [0.15, 0.2) is 11.5 Å². The number of carbonyl (C=O) groups excluding carboxylic acids is 1. The maximum atomic E-state index is 13.2. The van der Waals surface area contributed by atoms with Crippen LogP contribution >= 0.6 is 0 Å². The number of fused-ring (bicyclic) bond motifs is 1. The van der Waals surface area contributed by atoms with Crippen LogP contribution in [0.25, 0.3) is 0 Å². The Hall–Kier alpha value is -2.49. The molecule has 4 nitrogen and oxygen atoms in total. The topological polar surface area (TPSA) is 47.6 Å². The van der Waals surface area contributed by atoms with Gasteiger partial charge < -0.3 is 14.8 Å². The summed E-state index contributed by atoms with van der Waals surface area (Å²) in [6.07, 6.45) is 1.72. The Bertz CT molecular complexity index is 852. The molecule has 0 unspecified atom stereocenters. The normalized spacial score (nSPS) is 17.1. The lowest BCUT2D eigenvalue weighted by Crippen LogP contribution is -2.29. The van der Waals surface area contributed by atoms with Crippen LogP contribution in [0.15, 0.2) is 36.4 Å². The Morgan fingerprint density at radius 2 is 1.81 bits per heavy atom. The molecule has 1 aliphatic carbocycles. The van der Waals surface area contributed by atoms with Gasteiger partial charge in [0.1, 0.15) is 13.2 Å². The minimum atomic E-state index is -0.452. The van der Waals surface area contributed by atoms with Crippen molar-refractivity contribution >= 4 is 11.6 Å². The average Bonchev–Trinajstić information content (AvgIpc) is 3.44. The number of para-hydroxylation sites is 1. The predicted octanol–water partition coefficient (Wildman–Crippen LogP) is 4.56. The first-order chi connectivity index (χ1) is 12.5. The quantitative estimate of drug-likeness (QED) is 0.878. The van der Waals surface area contributed by atoms with E-state index in [9.17, 15) is 4.79 Å². The van der Waals surface area contributed by atoms with Gasteiger partial charge in [0.25, 0.3) is 0 Å². The fourth-order valence-corrected chi connectivity index (χ4v) is 3.69. The molecular formula is C22H25NO3. The number of amides is 1. The highest BCUT2D eigenvalue weighted by Gasteiger charge is 2.51. The highest BCUT2D eigenvalue weighted by molar-refractivity contribution is 6.02. The molecule has 2 aromatic rings. The highest BCUT2D eigenvalue weighted by Crippen LogP contribution is 2.51. The third-order valence-corrected chi connectivity index (χ3v) is 5.44. The Labute approximate surface area is 154 Å². The standard InChI is InChI=1S/C22H25NO3/c1-14(2)17-6-4-5-15(3)20(17)23-21(24)22(9-10-22)16-7-8-18-19(13-16)26-12-11-25-18/h4-8,13-14H,9-12H2,1-3H3,(H,23,24). The molecule has 2 aliphatic rings. The molecule has 0 bridgehead atoms. The molecule has 0 saturated heterocycles. The van der Waals surface area contributed by atoms with Gasteiger partial charge in [0.2, 0.25) is 5.91 Å². The molecule has 26 heavy (non-hydrogen) atoms. The summed E-state index contributed by atoms with van der Waals surface area (Å²) in [6, 6.07) is 12.1. The molecule has 4 rings (SSSR count). The maximum absolute atomic E-state index is 13.2. The van der Waals surface area contributed by atoms with Crippen LogP contribution in [0.3, 0.4) is 0 Å². The molecule has 1 amide bonds. The van der Waals surface area contributed by atoms with Gasteiger partial charge in [-0.05, 0) is 54.5 Å². The SMILES string of the molecule is Cc1cccc(C(C)C)c1NC(=O)C1(c2ccc3c(c2)OCCO3)CC1. The fourth-order valence-electron chi connectivity index (χ4n) is 3.69. The van der Waals surface area contributed by atoms with Gasteiger partial charge in [-0.3, -0.25) is 4.79 Å². The number of aryl methyl sites for hydroxylation is 1. The number of anilines is 1. The molecule has 0 radical (unpaired) electrons. The van der Waals surface area contributed by atoms with E-state index >= 15 is 0 Å². The number of nitrogens with one attached hydrogen (secondary N) is 1. The smallest absolute Gasteiger partial charge is 0.235 e. The molecule has 1 fully saturated rings. The molecule has 136 valence electrons. The van der Waals surface area contributed by atoms with Gasteiger partial charge in [0, 0.05) is 5.69 Å². The van der Waals surface area contributed by atoms with Crippen molar-refractivity contribution in [2.45, 2.75) is 44.9 Å². The summed E-state index contributed by atoms with van der Waals surface area (Å²) >= 11 is 0. The molecule has 0 aromatic heterocycles. The Balaban J connectivity index is 1.63. The molecule has 2 aromatic carbocycles. The zero-order chi connectivity index (χ0) is 18.3. The molecule has 1 N–H and O–H groups in total. The third kappa shape index (κ3) is 2.83. The van der Waals surface area contributed by atoms with Crippen LogP contribution in [0, 0.1) is 6.92 Å². The van der Waals surface area contributed by atoms with Crippen LogP contribution in [0.4, 0.5) is 5.69 Å². The van der Waals surface area contributed by atoms with Gasteiger partial charge in [-0.15, -0.1) is 0 Å². The number of rotatable bonds is 4. The summed E-state index contributed by atoms with van der Waals surface area (Å²) in [7, 11) is 0. The van der Waals surface area contributed by atoms with Crippen molar-refractivity contribution in [2.75, 3.05) is 18.5 Å². The van der Waals surface area contributed by atoms with E-state index in [2.05, 4.69) is 25.2 Å². The first-order valence-electron chi connectivity index (χ1n) is 9.32. The van der Waals surface area contributed by atoms with E-state index < -0.39 is 5.41 Å². The molecule has 4 heteroatoms. The van der Waals surface area contributed by atoms with Crippen molar-refractivity contribution in [3.8, 4) is 11.5 Å². The van der Waals surface area contributed by atoms with Crippen molar-refractivity contribution in [1.29, 1.82) is 0 Å². The fraction of sp³-hybridized carbons (Fsp3) is 0.409. The molecular weight excluding hydrogens is 326 g/mol. The Morgan fingerprint density at radius 1 is 1.08 bits per heavy atom. The van der Waals surface area contributed by atoms with Crippen molar-refractivity contribution in [2.24, 2.45) is 0 Å². The van der Waals surface area contributed by atoms with E-state index in [-0.39, 0.29) is 5.91 Å². The Morgan fingerprint density at radius 3 is 2.50 bits per heavy atom. The second kappa shape index (κ2) is 6.35. The highest BCUT2D eigenvalue weighted by atomic mass is 16.6. The van der Waals surface area contributed by atoms with Crippen LogP contribution in [-0.4, -0.2) is 19.1 Å². The Kier molecular flexibility index (Phi) is 4.14. The monoisotopic (exact) mass is 351 g/mol. The zero-order valence-corrected chi connectivity index (χ0v) is 15.6. The summed E-state index contributed by atoms with van der Waals surface area (Å²) in [6.45, 7) is 7.47.